The Bertz CT molecular complexity index is 1300. The summed E-state index contributed by atoms with van der Waals surface area (Å²) in [6.45, 7) is 6.60. The lowest BCUT2D eigenvalue weighted by Crippen LogP contribution is -2.15. The van der Waals surface area contributed by atoms with E-state index in [-0.39, 0.29) is 17.7 Å². The molecule has 1 N–H and O–H groups in total. The number of aryl methyl sites for hydroxylation is 1. The van der Waals surface area contributed by atoms with E-state index < -0.39 is 0 Å². The van der Waals surface area contributed by atoms with Crippen LogP contribution in [0, 0.1) is 17.2 Å². The number of hydrogen-bond acceptors (Lipinski definition) is 7. The summed E-state index contributed by atoms with van der Waals surface area (Å²) in [5.41, 5.74) is 4.45. The molecule has 5 rings (SSSR count). The van der Waals surface area contributed by atoms with Gasteiger partial charge in [0.1, 0.15) is 11.1 Å². The fourth-order valence-corrected chi connectivity index (χ4v) is 8.67. The predicted molar refractivity (Wildman–Crippen MR) is 149 cm³/mol. The number of amides is 1. The second kappa shape index (κ2) is 11.1. The number of nitriles is 1. The molecule has 0 radical (unpaired) electrons. The molecule has 2 aliphatic carbocycles. The molecule has 3 aromatic heterocycles. The lowest BCUT2D eigenvalue weighted by Gasteiger charge is -2.19. The first-order valence-corrected chi connectivity index (χ1v) is 15.7. The van der Waals surface area contributed by atoms with E-state index >= 15 is 0 Å². The third-order valence-electron chi connectivity index (χ3n) is 7.19. The van der Waals surface area contributed by atoms with Crippen LogP contribution in [-0.2, 0) is 30.5 Å². The minimum atomic E-state index is -0.104. The summed E-state index contributed by atoms with van der Waals surface area (Å²) in [5.74, 6) is 1.77. The zero-order valence-corrected chi connectivity index (χ0v) is 23.7. The van der Waals surface area contributed by atoms with Gasteiger partial charge >= 0.3 is 0 Å². The Kier molecular flexibility index (Phi) is 7.85. The first-order valence-electron chi connectivity index (χ1n) is 13.0. The summed E-state index contributed by atoms with van der Waals surface area (Å²) in [4.78, 5) is 15.7. The van der Waals surface area contributed by atoms with Crippen molar-refractivity contribution in [3.63, 3.8) is 0 Å². The molecule has 0 fully saturated rings. The van der Waals surface area contributed by atoms with Gasteiger partial charge in [-0.1, -0.05) is 31.5 Å². The van der Waals surface area contributed by atoms with Crippen molar-refractivity contribution in [2.45, 2.75) is 89.8 Å². The van der Waals surface area contributed by atoms with Crippen molar-refractivity contribution in [3.8, 4) is 17.5 Å². The Hall–Kier alpha value is -2.15. The highest BCUT2D eigenvalue weighted by Gasteiger charge is 2.26. The minimum Gasteiger partial charge on any atom is -0.316 e. The van der Waals surface area contributed by atoms with Gasteiger partial charge in [0.05, 0.1) is 11.3 Å². The minimum absolute atomic E-state index is 0.104. The van der Waals surface area contributed by atoms with Crippen molar-refractivity contribution in [2.24, 2.45) is 5.92 Å². The van der Waals surface area contributed by atoms with Crippen molar-refractivity contribution in [2.75, 3.05) is 11.1 Å². The van der Waals surface area contributed by atoms with E-state index in [4.69, 9.17) is 0 Å². The van der Waals surface area contributed by atoms with Crippen molar-refractivity contribution in [1.29, 1.82) is 5.26 Å². The van der Waals surface area contributed by atoms with E-state index in [1.54, 1.807) is 11.3 Å². The molecule has 0 aromatic carbocycles. The fourth-order valence-electron chi connectivity index (χ4n) is 5.31. The van der Waals surface area contributed by atoms with E-state index in [2.05, 4.69) is 52.3 Å². The average Bonchev–Trinajstić information content (AvgIpc) is 3.52. The van der Waals surface area contributed by atoms with Crippen LogP contribution in [0.15, 0.2) is 10.5 Å². The highest BCUT2D eigenvalue weighted by Crippen LogP contribution is 2.40. The second-order valence-electron chi connectivity index (χ2n) is 10.2. The maximum Gasteiger partial charge on any atom is 0.235 e. The molecule has 1 atom stereocenters. The smallest absolute Gasteiger partial charge is 0.235 e. The second-order valence-corrected chi connectivity index (χ2v) is 13.3. The zero-order valence-electron chi connectivity index (χ0n) is 21.2. The third-order valence-corrected chi connectivity index (χ3v) is 10.4. The van der Waals surface area contributed by atoms with Gasteiger partial charge in [-0.05, 0) is 75.8 Å². The molecule has 0 aliphatic heterocycles. The van der Waals surface area contributed by atoms with Crippen LogP contribution in [0.25, 0.3) is 11.4 Å². The molecule has 1 amide bonds. The van der Waals surface area contributed by atoms with E-state index in [0.29, 0.717) is 10.6 Å². The van der Waals surface area contributed by atoms with Gasteiger partial charge in [-0.3, -0.25) is 9.36 Å². The molecule has 2 aliphatic rings. The van der Waals surface area contributed by atoms with Crippen LogP contribution in [0.1, 0.15) is 85.4 Å². The highest BCUT2D eigenvalue weighted by molar-refractivity contribution is 7.99. The molecule has 0 bridgehead atoms. The third kappa shape index (κ3) is 5.13. The summed E-state index contributed by atoms with van der Waals surface area (Å²) in [7, 11) is 0. The van der Waals surface area contributed by atoms with Gasteiger partial charge in [0.15, 0.2) is 11.0 Å². The van der Waals surface area contributed by atoms with E-state index in [0.717, 1.165) is 61.0 Å². The number of carbonyl (C=O) groups is 1. The Morgan fingerprint density at radius 2 is 2.00 bits per heavy atom. The van der Waals surface area contributed by atoms with Crippen LogP contribution in [0.5, 0.6) is 0 Å². The van der Waals surface area contributed by atoms with Gasteiger partial charge in [-0.25, -0.2) is 0 Å². The van der Waals surface area contributed by atoms with Crippen molar-refractivity contribution >= 4 is 45.3 Å². The SMILES string of the molecule is CC1CCc2c(-c3nnc(SCC(=O)Nc4sc5c(c4C#N)CCCCCC5)n3C(C)C)csc2C1. The molecule has 3 heterocycles. The number of thioether (sulfide) groups is 1. The maximum atomic E-state index is 13.0. The number of carbonyl (C=O) groups excluding carboxylic acids is 1. The summed E-state index contributed by atoms with van der Waals surface area (Å²) in [6, 6.07) is 2.55. The van der Waals surface area contributed by atoms with Gasteiger partial charge < -0.3 is 5.32 Å². The molecule has 9 heteroatoms. The molecule has 0 spiro atoms. The van der Waals surface area contributed by atoms with Crippen LogP contribution in [0.4, 0.5) is 5.00 Å². The molecule has 3 aromatic rings. The Balaban J connectivity index is 1.32. The van der Waals surface area contributed by atoms with Crippen LogP contribution >= 0.6 is 34.4 Å². The number of aromatic nitrogens is 3. The predicted octanol–water partition coefficient (Wildman–Crippen LogP) is 7.04. The number of nitrogens with one attached hydrogen (secondary N) is 1. The van der Waals surface area contributed by atoms with E-state index in [1.165, 1.54) is 51.9 Å². The first-order chi connectivity index (χ1) is 17.5. The number of nitrogens with zero attached hydrogens (tertiary/aromatic N) is 4. The molecule has 6 nitrogen and oxygen atoms in total. The van der Waals surface area contributed by atoms with Crippen LogP contribution < -0.4 is 5.32 Å². The van der Waals surface area contributed by atoms with Crippen molar-refractivity contribution < 1.29 is 4.79 Å². The van der Waals surface area contributed by atoms with Gasteiger partial charge in [0.25, 0.3) is 0 Å². The van der Waals surface area contributed by atoms with E-state index in [1.807, 2.05) is 11.3 Å². The Labute approximate surface area is 225 Å². The molecular weight excluding hydrogens is 507 g/mol. The lowest BCUT2D eigenvalue weighted by atomic mass is 9.88. The maximum absolute atomic E-state index is 13.0. The van der Waals surface area contributed by atoms with Gasteiger partial charge in [-0.15, -0.1) is 32.9 Å². The van der Waals surface area contributed by atoms with Gasteiger partial charge in [0, 0.05) is 26.7 Å². The standard InChI is InChI=1S/C27H33N5OS3/c1-16(2)32-25(21-14-34-23-12-17(3)10-11-19(21)23)30-31-27(32)35-15-24(33)29-26-20(13-28)18-8-6-4-5-7-9-22(18)36-26/h14,16-17H,4-12,15H2,1-3H3,(H,29,33). The number of thiophene rings is 2. The number of fused-ring (bicyclic) bond motifs is 2. The highest BCUT2D eigenvalue weighted by atomic mass is 32.2. The average molecular weight is 540 g/mol. The summed E-state index contributed by atoms with van der Waals surface area (Å²) >= 11 is 4.84. The topological polar surface area (TPSA) is 83.6 Å². The summed E-state index contributed by atoms with van der Waals surface area (Å²) in [5, 5.41) is 25.6. The largest absolute Gasteiger partial charge is 0.316 e. The zero-order chi connectivity index (χ0) is 25.2. The number of rotatable bonds is 6. The summed E-state index contributed by atoms with van der Waals surface area (Å²) < 4.78 is 2.16. The summed E-state index contributed by atoms with van der Waals surface area (Å²) in [6.07, 6.45) is 10.1. The fraction of sp³-hybridized carbons (Fsp3) is 0.556. The monoisotopic (exact) mass is 539 g/mol. The van der Waals surface area contributed by atoms with Gasteiger partial charge in [-0.2, -0.15) is 5.26 Å². The quantitative estimate of drug-likeness (QED) is 0.340. The van der Waals surface area contributed by atoms with Gasteiger partial charge in [0.2, 0.25) is 5.91 Å². The molecular formula is C27H33N5OS3. The van der Waals surface area contributed by atoms with Crippen LogP contribution in [0.2, 0.25) is 0 Å². The molecule has 1 unspecified atom stereocenters. The Morgan fingerprint density at radius 3 is 2.78 bits per heavy atom. The number of anilines is 1. The van der Waals surface area contributed by atoms with E-state index in [9.17, 15) is 10.1 Å². The normalized spacial score (nSPS) is 17.7. The molecule has 190 valence electrons. The van der Waals surface area contributed by atoms with Crippen LogP contribution in [0.3, 0.4) is 0 Å². The Morgan fingerprint density at radius 1 is 1.19 bits per heavy atom. The number of hydrogen-bond donors (Lipinski definition) is 1. The van der Waals surface area contributed by atoms with Crippen molar-refractivity contribution in [1.82, 2.24) is 14.8 Å². The lowest BCUT2D eigenvalue weighted by molar-refractivity contribution is -0.113. The molecule has 0 saturated heterocycles. The van der Waals surface area contributed by atoms with Crippen LogP contribution in [-0.4, -0.2) is 26.4 Å². The first kappa shape index (κ1) is 25.5. The van der Waals surface area contributed by atoms with Crippen molar-refractivity contribution in [3.05, 3.63) is 31.8 Å². The molecule has 0 saturated carbocycles. The molecule has 36 heavy (non-hydrogen) atoms.